The van der Waals surface area contributed by atoms with Gasteiger partial charge in [0.1, 0.15) is 6.61 Å². The van der Waals surface area contributed by atoms with Gasteiger partial charge in [-0.3, -0.25) is 4.79 Å². The Morgan fingerprint density at radius 1 is 1.00 bits per heavy atom. The molecule has 0 aliphatic heterocycles. The summed E-state index contributed by atoms with van der Waals surface area (Å²) in [5.74, 6) is 2.27. The number of amides is 1. The van der Waals surface area contributed by atoms with E-state index >= 15 is 0 Å². The Bertz CT molecular complexity index is 1010. The Kier molecular flexibility index (Phi) is 8.55. The number of hydrazone groups is 1. The van der Waals surface area contributed by atoms with Crippen LogP contribution in [0.1, 0.15) is 22.3 Å². The molecule has 0 unspecified atom stereocenters. The van der Waals surface area contributed by atoms with Gasteiger partial charge in [0.25, 0.3) is 0 Å². The third kappa shape index (κ3) is 7.50. The zero-order chi connectivity index (χ0) is 21.9. The molecule has 0 heterocycles. The molecule has 0 radical (unpaired) electrons. The zero-order valence-electron chi connectivity index (χ0n) is 17.7. The van der Waals surface area contributed by atoms with Gasteiger partial charge in [-0.25, -0.2) is 5.43 Å². The van der Waals surface area contributed by atoms with Crippen molar-refractivity contribution in [1.82, 2.24) is 5.43 Å². The summed E-state index contributed by atoms with van der Waals surface area (Å²) in [4.78, 5) is 12.0. The maximum absolute atomic E-state index is 12.0. The Labute approximate surface area is 187 Å². The molecule has 0 aliphatic rings. The van der Waals surface area contributed by atoms with Crippen molar-refractivity contribution in [2.24, 2.45) is 5.10 Å². The summed E-state index contributed by atoms with van der Waals surface area (Å²) in [5, 5.41) is 4.04. The van der Waals surface area contributed by atoms with E-state index in [0.717, 1.165) is 16.9 Å². The molecule has 1 amide bonds. The highest BCUT2D eigenvalue weighted by Crippen LogP contribution is 2.28. The maximum Gasteiger partial charge on any atom is 0.250 e. The summed E-state index contributed by atoms with van der Waals surface area (Å²) in [6, 6.07) is 23.8. The van der Waals surface area contributed by atoms with Gasteiger partial charge in [-0.05, 0) is 41.8 Å². The van der Waals surface area contributed by atoms with E-state index in [1.807, 2.05) is 48.5 Å². The van der Waals surface area contributed by atoms with Crippen molar-refractivity contribution in [2.45, 2.75) is 19.3 Å². The summed E-state index contributed by atoms with van der Waals surface area (Å²) in [6.45, 7) is 2.52. The van der Waals surface area contributed by atoms with E-state index in [-0.39, 0.29) is 5.91 Å². The van der Waals surface area contributed by atoms with Gasteiger partial charge >= 0.3 is 0 Å². The van der Waals surface area contributed by atoms with Crippen LogP contribution in [0.3, 0.4) is 0 Å². The summed E-state index contributed by atoms with van der Waals surface area (Å²) in [7, 11) is 1.60. The highest BCUT2D eigenvalue weighted by atomic mass is 32.2. The lowest BCUT2D eigenvalue weighted by Crippen LogP contribution is -2.19. The molecule has 3 aromatic carbocycles. The van der Waals surface area contributed by atoms with Gasteiger partial charge in [0.05, 0.1) is 19.1 Å². The maximum atomic E-state index is 12.0. The molecule has 1 N–H and O–H groups in total. The van der Waals surface area contributed by atoms with Gasteiger partial charge in [0.15, 0.2) is 11.5 Å². The number of thioether (sulfide) groups is 1. The molecule has 0 aliphatic carbocycles. The number of methoxy groups -OCH3 is 1. The molecule has 31 heavy (non-hydrogen) atoms. The van der Waals surface area contributed by atoms with Crippen molar-refractivity contribution in [2.75, 3.05) is 12.9 Å². The molecule has 0 saturated heterocycles. The van der Waals surface area contributed by atoms with Crippen LogP contribution in [-0.4, -0.2) is 25.0 Å². The monoisotopic (exact) mass is 434 g/mol. The molecule has 0 atom stereocenters. The largest absolute Gasteiger partial charge is 0.493 e. The zero-order valence-corrected chi connectivity index (χ0v) is 18.5. The second-order valence-corrected chi connectivity index (χ2v) is 7.94. The van der Waals surface area contributed by atoms with Crippen LogP contribution in [0.15, 0.2) is 77.9 Å². The van der Waals surface area contributed by atoms with Crippen molar-refractivity contribution in [1.29, 1.82) is 0 Å². The number of nitrogens with one attached hydrogen (secondary N) is 1. The van der Waals surface area contributed by atoms with Crippen molar-refractivity contribution in [3.63, 3.8) is 0 Å². The number of rotatable bonds is 10. The third-order valence-electron chi connectivity index (χ3n) is 4.45. The van der Waals surface area contributed by atoms with E-state index in [4.69, 9.17) is 9.47 Å². The molecule has 5 nitrogen and oxygen atoms in total. The van der Waals surface area contributed by atoms with Crippen LogP contribution in [0.25, 0.3) is 0 Å². The van der Waals surface area contributed by atoms with Crippen molar-refractivity contribution >= 4 is 23.9 Å². The molecule has 0 saturated carbocycles. The van der Waals surface area contributed by atoms with E-state index in [1.54, 1.807) is 25.1 Å². The smallest absolute Gasteiger partial charge is 0.250 e. The number of ether oxygens (including phenoxy) is 2. The van der Waals surface area contributed by atoms with Crippen molar-refractivity contribution < 1.29 is 14.3 Å². The number of benzene rings is 3. The standard InChI is InChI=1S/C25H26N2O3S/c1-19-8-10-21(11-9-19)17-31-18-25(28)27-26-15-22-12-13-23(24(14-22)29-2)30-16-20-6-4-3-5-7-20/h3-15H,16-18H2,1-2H3,(H,27,28)/b26-15-. The highest BCUT2D eigenvalue weighted by molar-refractivity contribution is 7.99. The van der Waals surface area contributed by atoms with Crippen molar-refractivity contribution in [3.05, 3.63) is 95.1 Å². The summed E-state index contributed by atoms with van der Waals surface area (Å²) in [6.07, 6.45) is 1.59. The minimum atomic E-state index is -0.136. The van der Waals surface area contributed by atoms with Gasteiger partial charge in [-0.2, -0.15) is 5.10 Å². The first kappa shape index (κ1) is 22.4. The Morgan fingerprint density at radius 2 is 1.77 bits per heavy atom. The van der Waals surface area contributed by atoms with Gasteiger partial charge < -0.3 is 9.47 Å². The van der Waals surface area contributed by atoms with Gasteiger partial charge in [0, 0.05) is 5.75 Å². The van der Waals surface area contributed by atoms with Crippen LogP contribution in [-0.2, 0) is 17.2 Å². The topological polar surface area (TPSA) is 59.9 Å². The summed E-state index contributed by atoms with van der Waals surface area (Å²) < 4.78 is 11.3. The van der Waals surface area contributed by atoms with E-state index in [1.165, 1.54) is 11.1 Å². The molecule has 0 fully saturated rings. The third-order valence-corrected chi connectivity index (χ3v) is 5.45. The second kappa shape index (κ2) is 11.8. The lowest BCUT2D eigenvalue weighted by Gasteiger charge is -2.11. The van der Waals surface area contributed by atoms with Crippen LogP contribution in [0, 0.1) is 6.92 Å². The quantitative estimate of drug-likeness (QED) is 0.362. The van der Waals surface area contributed by atoms with E-state index in [2.05, 4.69) is 41.7 Å². The number of hydrogen-bond acceptors (Lipinski definition) is 5. The molecule has 0 spiro atoms. The van der Waals surface area contributed by atoms with E-state index < -0.39 is 0 Å². The average Bonchev–Trinajstić information content (AvgIpc) is 2.80. The van der Waals surface area contributed by atoms with Gasteiger partial charge in [-0.1, -0.05) is 60.2 Å². The summed E-state index contributed by atoms with van der Waals surface area (Å²) >= 11 is 1.56. The number of carbonyl (C=O) groups is 1. The van der Waals surface area contributed by atoms with E-state index in [9.17, 15) is 4.79 Å². The van der Waals surface area contributed by atoms with Crippen molar-refractivity contribution in [3.8, 4) is 11.5 Å². The number of hydrogen-bond donors (Lipinski definition) is 1. The fraction of sp³-hybridized carbons (Fsp3) is 0.200. The Morgan fingerprint density at radius 3 is 2.52 bits per heavy atom. The van der Waals surface area contributed by atoms with E-state index in [0.29, 0.717) is 23.9 Å². The van der Waals surface area contributed by atoms with Crippen LogP contribution >= 0.6 is 11.8 Å². The minimum Gasteiger partial charge on any atom is -0.493 e. The van der Waals surface area contributed by atoms with Crippen LogP contribution < -0.4 is 14.9 Å². The first-order valence-corrected chi connectivity index (χ1v) is 11.1. The first-order valence-electron chi connectivity index (χ1n) is 9.94. The van der Waals surface area contributed by atoms with Crippen LogP contribution in [0.2, 0.25) is 0 Å². The van der Waals surface area contributed by atoms with Gasteiger partial charge in [0.2, 0.25) is 5.91 Å². The fourth-order valence-electron chi connectivity index (χ4n) is 2.78. The Balaban J connectivity index is 1.46. The second-order valence-electron chi connectivity index (χ2n) is 6.96. The lowest BCUT2D eigenvalue weighted by molar-refractivity contribution is -0.118. The highest BCUT2D eigenvalue weighted by Gasteiger charge is 2.06. The minimum absolute atomic E-state index is 0.136. The first-order chi connectivity index (χ1) is 15.1. The summed E-state index contributed by atoms with van der Waals surface area (Å²) in [5.41, 5.74) is 6.88. The predicted molar refractivity (Wildman–Crippen MR) is 127 cm³/mol. The molecule has 6 heteroatoms. The lowest BCUT2D eigenvalue weighted by atomic mass is 10.2. The molecule has 160 valence electrons. The van der Waals surface area contributed by atoms with Gasteiger partial charge in [-0.15, -0.1) is 11.8 Å². The fourth-order valence-corrected chi connectivity index (χ4v) is 3.56. The molecule has 3 aromatic rings. The molecule has 0 aromatic heterocycles. The number of nitrogens with zero attached hydrogens (tertiary/aromatic N) is 1. The average molecular weight is 435 g/mol. The normalized spacial score (nSPS) is 10.8. The SMILES string of the molecule is COc1cc(/C=N\NC(=O)CSCc2ccc(C)cc2)ccc1OCc1ccccc1. The molecular weight excluding hydrogens is 408 g/mol. The predicted octanol–water partition coefficient (Wildman–Crippen LogP) is 4.97. The van der Waals surface area contributed by atoms with Crippen LogP contribution in [0.4, 0.5) is 0 Å². The van der Waals surface area contributed by atoms with Crippen LogP contribution in [0.5, 0.6) is 11.5 Å². The molecule has 0 bridgehead atoms. The molecular formula is C25H26N2O3S. The Hall–Kier alpha value is -3.25. The number of aryl methyl sites for hydroxylation is 1. The number of carbonyl (C=O) groups excluding carboxylic acids is 1. The molecule has 3 rings (SSSR count).